The molecule has 1 N–H and O–H groups in total. The van der Waals surface area contributed by atoms with Gasteiger partial charge < -0.3 is 5.32 Å². The van der Waals surface area contributed by atoms with Crippen LogP contribution in [0.25, 0.3) is 5.69 Å². The summed E-state index contributed by atoms with van der Waals surface area (Å²) in [4.78, 5) is 0. The molecule has 0 aliphatic carbocycles. The van der Waals surface area contributed by atoms with Crippen LogP contribution in [0, 0.1) is 27.7 Å². The largest absolute Gasteiger partial charge is 0.313 e. The Labute approximate surface area is 115 Å². The molecule has 3 heteroatoms. The van der Waals surface area contributed by atoms with Crippen LogP contribution in [-0.4, -0.2) is 16.3 Å². The fourth-order valence-electron chi connectivity index (χ4n) is 2.58. The highest BCUT2D eigenvalue weighted by atomic mass is 15.3. The summed E-state index contributed by atoms with van der Waals surface area (Å²) in [7, 11) is 0. The second-order valence-corrected chi connectivity index (χ2v) is 5.21. The standard InChI is InChI=1S/C16H23N3/c1-6-17-9-15-10-19(18-14(15)5)16-12(3)7-11(2)8-13(16)4/h7-8,10,17H,6,9H2,1-5H3. The molecule has 0 saturated heterocycles. The molecule has 3 nitrogen and oxygen atoms in total. The van der Waals surface area contributed by atoms with Crippen LogP contribution in [0.5, 0.6) is 0 Å². The quantitative estimate of drug-likeness (QED) is 0.911. The van der Waals surface area contributed by atoms with Gasteiger partial charge in [0, 0.05) is 18.3 Å². The number of rotatable bonds is 4. The van der Waals surface area contributed by atoms with E-state index < -0.39 is 0 Å². The van der Waals surface area contributed by atoms with E-state index in [0.29, 0.717) is 0 Å². The van der Waals surface area contributed by atoms with Crippen LogP contribution >= 0.6 is 0 Å². The highest BCUT2D eigenvalue weighted by Gasteiger charge is 2.10. The molecule has 1 heterocycles. The first-order valence-electron chi connectivity index (χ1n) is 6.87. The molecular formula is C16H23N3. The maximum atomic E-state index is 4.66. The zero-order valence-corrected chi connectivity index (χ0v) is 12.5. The lowest BCUT2D eigenvalue weighted by atomic mass is 10.1. The molecule has 0 saturated carbocycles. The summed E-state index contributed by atoms with van der Waals surface area (Å²) in [6, 6.07) is 4.42. The zero-order valence-electron chi connectivity index (χ0n) is 12.5. The average molecular weight is 257 g/mol. The monoisotopic (exact) mass is 257 g/mol. The van der Waals surface area contributed by atoms with Gasteiger partial charge in [-0.2, -0.15) is 5.10 Å². The predicted molar refractivity (Wildman–Crippen MR) is 79.9 cm³/mol. The van der Waals surface area contributed by atoms with Crippen molar-refractivity contribution in [1.82, 2.24) is 15.1 Å². The first-order chi connectivity index (χ1) is 9.02. The molecule has 0 fully saturated rings. The maximum Gasteiger partial charge on any atom is 0.0704 e. The molecule has 2 rings (SSSR count). The molecule has 0 aliphatic rings. The lowest BCUT2D eigenvalue weighted by Crippen LogP contribution is -2.11. The molecule has 102 valence electrons. The van der Waals surface area contributed by atoms with E-state index in [1.807, 2.05) is 4.68 Å². The van der Waals surface area contributed by atoms with Gasteiger partial charge in [-0.3, -0.25) is 0 Å². The Hall–Kier alpha value is -1.61. The van der Waals surface area contributed by atoms with Gasteiger partial charge in [-0.1, -0.05) is 24.6 Å². The first-order valence-corrected chi connectivity index (χ1v) is 6.87. The van der Waals surface area contributed by atoms with Gasteiger partial charge in [0.05, 0.1) is 11.4 Å². The third kappa shape index (κ3) is 2.87. The van der Waals surface area contributed by atoms with E-state index in [1.165, 1.54) is 27.9 Å². The molecule has 0 spiro atoms. The molecule has 0 bridgehead atoms. The Morgan fingerprint density at radius 2 is 1.74 bits per heavy atom. The molecule has 1 aromatic carbocycles. The molecule has 0 amide bonds. The van der Waals surface area contributed by atoms with Crippen molar-refractivity contribution in [2.75, 3.05) is 6.54 Å². The van der Waals surface area contributed by atoms with E-state index in [4.69, 9.17) is 0 Å². The van der Waals surface area contributed by atoms with Crippen LogP contribution in [0.1, 0.15) is 34.9 Å². The third-order valence-electron chi connectivity index (χ3n) is 3.43. The lowest BCUT2D eigenvalue weighted by molar-refractivity contribution is 0.723. The Morgan fingerprint density at radius 1 is 1.11 bits per heavy atom. The number of hydrogen-bond acceptors (Lipinski definition) is 2. The summed E-state index contributed by atoms with van der Waals surface area (Å²) in [6.45, 7) is 12.5. The number of hydrogen-bond donors (Lipinski definition) is 1. The van der Waals surface area contributed by atoms with Crippen molar-refractivity contribution in [3.63, 3.8) is 0 Å². The van der Waals surface area contributed by atoms with Gasteiger partial charge in [-0.25, -0.2) is 4.68 Å². The van der Waals surface area contributed by atoms with Crippen LogP contribution in [0.15, 0.2) is 18.3 Å². The summed E-state index contributed by atoms with van der Waals surface area (Å²) < 4.78 is 2.02. The lowest BCUT2D eigenvalue weighted by Gasteiger charge is -2.11. The number of benzene rings is 1. The smallest absolute Gasteiger partial charge is 0.0704 e. The Morgan fingerprint density at radius 3 is 2.32 bits per heavy atom. The minimum absolute atomic E-state index is 0.881. The van der Waals surface area contributed by atoms with Gasteiger partial charge in [0.15, 0.2) is 0 Å². The van der Waals surface area contributed by atoms with Crippen LogP contribution in [0.3, 0.4) is 0 Å². The predicted octanol–water partition coefficient (Wildman–Crippen LogP) is 3.22. The van der Waals surface area contributed by atoms with E-state index in [-0.39, 0.29) is 0 Å². The highest BCUT2D eigenvalue weighted by Crippen LogP contribution is 2.21. The number of nitrogens with zero attached hydrogens (tertiary/aromatic N) is 2. The first kappa shape index (κ1) is 13.8. The van der Waals surface area contributed by atoms with Gasteiger partial charge in [0.1, 0.15) is 0 Å². The molecule has 0 unspecified atom stereocenters. The fraction of sp³-hybridized carbons (Fsp3) is 0.438. The molecule has 0 aliphatic heterocycles. The second kappa shape index (κ2) is 5.57. The van der Waals surface area contributed by atoms with Crippen LogP contribution in [-0.2, 0) is 6.54 Å². The van der Waals surface area contributed by atoms with E-state index in [2.05, 4.69) is 63.4 Å². The van der Waals surface area contributed by atoms with Crippen molar-refractivity contribution in [2.24, 2.45) is 0 Å². The van der Waals surface area contributed by atoms with Crippen molar-refractivity contribution >= 4 is 0 Å². The van der Waals surface area contributed by atoms with Crippen LogP contribution < -0.4 is 5.32 Å². The summed E-state index contributed by atoms with van der Waals surface area (Å²) >= 11 is 0. The van der Waals surface area contributed by atoms with E-state index in [1.54, 1.807) is 0 Å². The van der Waals surface area contributed by atoms with E-state index in [9.17, 15) is 0 Å². The van der Waals surface area contributed by atoms with E-state index in [0.717, 1.165) is 18.8 Å². The summed E-state index contributed by atoms with van der Waals surface area (Å²) in [5.74, 6) is 0. The van der Waals surface area contributed by atoms with Crippen molar-refractivity contribution < 1.29 is 0 Å². The van der Waals surface area contributed by atoms with Gasteiger partial charge in [0.25, 0.3) is 0 Å². The Kier molecular flexibility index (Phi) is 4.05. The number of aromatic nitrogens is 2. The minimum Gasteiger partial charge on any atom is -0.313 e. The number of aryl methyl sites for hydroxylation is 4. The van der Waals surface area contributed by atoms with Gasteiger partial charge in [-0.15, -0.1) is 0 Å². The molecule has 19 heavy (non-hydrogen) atoms. The zero-order chi connectivity index (χ0) is 14.0. The van der Waals surface area contributed by atoms with Crippen molar-refractivity contribution in [3.8, 4) is 5.69 Å². The maximum absolute atomic E-state index is 4.66. The van der Waals surface area contributed by atoms with Crippen LogP contribution in [0.2, 0.25) is 0 Å². The van der Waals surface area contributed by atoms with Crippen molar-refractivity contribution in [3.05, 3.63) is 46.3 Å². The minimum atomic E-state index is 0.881. The van der Waals surface area contributed by atoms with Crippen LogP contribution in [0.4, 0.5) is 0 Å². The highest BCUT2D eigenvalue weighted by molar-refractivity contribution is 5.49. The molecule has 1 aromatic heterocycles. The second-order valence-electron chi connectivity index (χ2n) is 5.21. The summed E-state index contributed by atoms with van der Waals surface area (Å²) in [5.41, 5.74) is 7.42. The molecule has 2 aromatic rings. The van der Waals surface area contributed by atoms with Gasteiger partial charge in [0.2, 0.25) is 0 Å². The van der Waals surface area contributed by atoms with Crippen molar-refractivity contribution in [1.29, 1.82) is 0 Å². The SMILES string of the molecule is CCNCc1cn(-c2c(C)cc(C)cc2C)nc1C. The topological polar surface area (TPSA) is 29.9 Å². The summed E-state index contributed by atoms with van der Waals surface area (Å²) in [5, 5.41) is 8.02. The fourth-order valence-corrected chi connectivity index (χ4v) is 2.58. The third-order valence-corrected chi connectivity index (χ3v) is 3.43. The molecule has 0 atom stereocenters. The molecular weight excluding hydrogens is 234 g/mol. The van der Waals surface area contributed by atoms with E-state index >= 15 is 0 Å². The van der Waals surface area contributed by atoms with Gasteiger partial charge in [-0.05, 0) is 45.4 Å². The Bertz CT molecular complexity index is 559. The van der Waals surface area contributed by atoms with Crippen molar-refractivity contribution in [2.45, 2.75) is 41.2 Å². The normalized spacial score (nSPS) is 11.0. The van der Waals surface area contributed by atoms with Gasteiger partial charge >= 0.3 is 0 Å². The average Bonchev–Trinajstić information content (AvgIpc) is 2.66. The molecule has 0 radical (unpaired) electrons. The summed E-state index contributed by atoms with van der Waals surface area (Å²) in [6.07, 6.45) is 2.14. The Balaban J connectivity index is 2.42. The number of nitrogens with one attached hydrogen (secondary N) is 1.